The van der Waals surface area contributed by atoms with E-state index in [1.807, 2.05) is 12.4 Å². The number of hydrogen-bond acceptors (Lipinski definition) is 5. The summed E-state index contributed by atoms with van der Waals surface area (Å²) in [5.41, 5.74) is 1.13. The van der Waals surface area contributed by atoms with Gasteiger partial charge >= 0.3 is 0 Å². The van der Waals surface area contributed by atoms with Gasteiger partial charge in [-0.2, -0.15) is 0 Å². The molecule has 1 aliphatic carbocycles. The SMILES string of the molecule is CNc1nc(-c2nccs2)nc(C2CCCC2)c1Br. The van der Waals surface area contributed by atoms with Crippen molar-refractivity contribution in [2.75, 3.05) is 12.4 Å². The molecule has 0 amide bonds. The molecule has 0 aromatic carbocycles. The van der Waals surface area contributed by atoms with Crippen LogP contribution in [0.2, 0.25) is 0 Å². The molecular formula is C13H15BrN4S. The zero-order chi connectivity index (χ0) is 13.2. The molecule has 0 radical (unpaired) electrons. The van der Waals surface area contributed by atoms with Gasteiger partial charge in [0.05, 0.1) is 10.2 Å². The van der Waals surface area contributed by atoms with Gasteiger partial charge in [0.15, 0.2) is 10.8 Å². The first kappa shape index (κ1) is 13.0. The summed E-state index contributed by atoms with van der Waals surface area (Å²) < 4.78 is 1.00. The zero-order valence-electron chi connectivity index (χ0n) is 10.7. The second-order valence-electron chi connectivity index (χ2n) is 4.66. The summed E-state index contributed by atoms with van der Waals surface area (Å²) in [6.07, 6.45) is 6.82. The highest BCUT2D eigenvalue weighted by Gasteiger charge is 2.24. The number of aromatic nitrogens is 3. The fraction of sp³-hybridized carbons (Fsp3) is 0.462. The van der Waals surface area contributed by atoms with Crippen LogP contribution in [-0.4, -0.2) is 22.0 Å². The van der Waals surface area contributed by atoms with Crippen molar-refractivity contribution < 1.29 is 0 Å². The fourth-order valence-electron chi connectivity index (χ4n) is 2.53. The third-order valence-electron chi connectivity index (χ3n) is 3.48. The van der Waals surface area contributed by atoms with Gasteiger partial charge in [-0.3, -0.25) is 0 Å². The molecule has 6 heteroatoms. The van der Waals surface area contributed by atoms with E-state index in [1.165, 1.54) is 25.7 Å². The number of nitrogens with zero attached hydrogens (tertiary/aromatic N) is 3. The lowest BCUT2D eigenvalue weighted by Gasteiger charge is -2.14. The van der Waals surface area contributed by atoms with E-state index in [4.69, 9.17) is 4.98 Å². The maximum Gasteiger partial charge on any atom is 0.191 e. The summed E-state index contributed by atoms with van der Waals surface area (Å²) in [6, 6.07) is 0. The Hall–Kier alpha value is -1.01. The number of anilines is 1. The van der Waals surface area contributed by atoms with E-state index in [1.54, 1.807) is 17.5 Å². The smallest absolute Gasteiger partial charge is 0.191 e. The Morgan fingerprint density at radius 3 is 2.74 bits per heavy atom. The Labute approximate surface area is 124 Å². The van der Waals surface area contributed by atoms with Crippen molar-refractivity contribution in [1.82, 2.24) is 15.0 Å². The minimum absolute atomic E-state index is 0.545. The summed E-state index contributed by atoms with van der Waals surface area (Å²) in [6.45, 7) is 0. The zero-order valence-corrected chi connectivity index (χ0v) is 13.1. The molecule has 2 aromatic rings. The molecule has 0 aliphatic heterocycles. The third-order valence-corrected chi connectivity index (χ3v) is 5.03. The van der Waals surface area contributed by atoms with Crippen molar-refractivity contribution in [3.05, 3.63) is 21.7 Å². The van der Waals surface area contributed by atoms with Crippen LogP contribution >= 0.6 is 27.3 Å². The van der Waals surface area contributed by atoms with Crippen molar-refractivity contribution in [1.29, 1.82) is 0 Å². The molecule has 100 valence electrons. The first-order chi connectivity index (χ1) is 9.29. The third kappa shape index (κ3) is 2.51. The lowest BCUT2D eigenvalue weighted by Crippen LogP contribution is -2.06. The van der Waals surface area contributed by atoms with Crippen LogP contribution < -0.4 is 5.32 Å². The van der Waals surface area contributed by atoms with Gasteiger partial charge in [-0.15, -0.1) is 11.3 Å². The quantitative estimate of drug-likeness (QED) is 0.916. The molecular weight excluding hydrogens is 324 g/mol. The van der Waals surface area contributed by atoms with Crippen LogP contribution in [0.4, 0.5) is 5.82 Å². The highest BCUT2D eigenvalue weighted by atomic mass is 79.9. The molecule has 1 fully saturated rings. The van der Waals surface area contributed by atoms with Gasteiger partial charge in [0.1, 0.15) is 5.82 Å². The summed E-state index contributed by atoms with van der Waals surface area (Å²) in [5, 5.41) is 5.97. The lowest BCUT2D eigenvalue weighted by molar-refractivity contribution is 0.691. The van der Waals surface area contributed by atoms with Crippen molar-refractivity contribution in [3.63, 3.8) is 0 Å². The monoisotopic (exact) mass is 338 g/mol. The Balaban J connectivity index is 2.09. The predicted molar refractivity (Wildman–Crippen MR) is 81.6 cm³/mol. The van der Waals surface area contributed by atoms with Crippen molar-refractivity contribution >= 4 is 33.1 Å². The molecule has 1 N–H and O–H groups in total. The molecule has 0 saturated heterocycles. The maximum absolute atomic E-state index is 4.76. The van der Waals surface area contributed by atoms with Crippen molar-refractivity contribution in [2.24, 2.45) is 0 Å². The van der Waals surface area contributed by atoms with Gasteiger partial charge in [-0.25, -0.2) is 15.0 Å². The average molecular weight is 339 g/mol. The molecule has 0 unspecified atom stereocenters. The molecule has 0 atom stereocenters. The van der Waals surface area contributed by atoms with Gasteiger partial charge in [0, 0.05) is 24.5 Å². The molecule has 3 rings (SSSR count). The maximum atomic E-state index is 4.76. The highest BCUT2D eigenvalue weighted by Crippen LogP contribution is 2.39. The van der Waals surface area contributed by atoms with E-state index in [0.29, 0.717) is 5.92 Å². The molecule has 1 saturated carbocycles. The lowest BCUT2D eigenvalue weighted by atomic mass is 10.0. The molecule has 4 nitrogen and oxygen atoms in total. The van der Waals surface area contributed by atoms with Crippen LogP contribution in [0.25, 0.3) is 10.8 Å². The highest BCUT2D eigenvalue weighted by molar-refractivity contribution is 9.10. The van der Waals surface area contributed by atoms with E-state index in [2.05, 4.69) is 31.2 Å². The Morgan fingerprint density at radius 2 is 2.11 bits per heavy atom. The minimum atomic E-state index is 0.545. The van der Waals surface area contributed by atoms with E-state index in [-0.39, 0.29) is 0 Å². The van der Waals surface area contributed by atoms with Crippen LogP contribution in [0.1, 0.15) is 37.3 Å². The Kier molecular flexibility index (Phi) is 3.79. The molecule has 0 bridgehead atoms. The fourth-order valence-corrected chi connectivity index (χ4v) is 3.80. The second-order valence-corrected chi connectivity index (χ2v) is 6.35. The van der Waals surface area contributed by atoms with Gasteiger partial charge < -0.3 is 5.32 Å². The van der Waals surface area contributed by atoms with Gasteiger partial charge in [-0.05, 0) is 28.8 Å². The topological polar surface area (TPSA) is 50.7 Å². The summed E-state index contributed by atoms with van der Waals surface area (Å²) in [7, 11) is 1.89. The number of thiazole rings is 1. The van der Waals surface area contributed by atoms with Crippen LogP contribution in [0.15, 0.2) is 16.0 Å². The van der Waals surface area contributed by atoms with E-state index in [0.717, 1.165) is 26.8 Å². The predicted octanol–water partition coefficient (Wildman–Crippen LogP) is 4.06. The average Bonchev–Trinajstić information content (AvgIpc) is 3.12. The summed E-state index contributed by atoms with van der Waals surface area (Å²) >= 11 is 5.22. The normalized spacial score (nSPS) is 15.9. The van der Waals surface area contributed by atoms with Gasteiger partial charge in [0.25, 0.3) is 0 Å². The van der Waals surface area contributed by atoms with Crippen LogP contribution in [0.3, 0.4) is 0 Å². The second kappa shape index (κ2) is 5.54. The minimum Gasteiger partial charge on any atom is -0.372 e. The van der Waals surface area contributed by atoms with Crippen molar-refractivity contribution in [3.8, 4) is 10.8 Å². The number of hydrogen-bond donors (Lipinski definition) is 1. The van der Waals surface area contributed by atoms with E-state index in [9.17, 15) is 0 Å². The number of halogens is 1. The van der Waals surface area contributed by atoms with Crippen molar-refractivity contribution in [2.45, 2.75) is 31.6 Å². The standard InChI is InChI=1S/C13H15BrN4S/c1-15-11-9(14)10(8-4-2-3-5-8)17-12(18-11)13-16-6-7-19-13/h6-8H,2-5H2,1H3,(H,15,17,18). The van der Waals surface area contributed by atoms with Crippen LogP contribution in [-0.2, 0) is 0 Å². The van der Waals surface area contributed by atoms with Gasteiger partial charge in [-0.1, -0.05) is 12.8 Å². The van der Waals surface area contributed by atoms with E-state index >= 15 is 0 Å². The first-order valence-corrected chi connectivity index (χ1v) is 8.12. The summed E-state index contributed by atoms with van der Waals surface area (Å²) in [4.78, 5) is 13.6. The summed E-state index contributed by atoms with van der Waals surface area (Å²) in [5.74, 6) is 2.12. The largest absolute Gasteiger partial charge is 0.372 e. The number of nitrogens with one attached hydrogen (secondary N) is 1. The number of rotatable bonds is 3. The van der Waals surface area contributed by atoms with Crippen LogP contribution in [0, 0.1) is 0 Å². The Morgan fingerprint density at radius 1 is 1.32 bits per heavy atom. The molecule has 0 spiro atoms. The van der Waals surface area contributed by atoms with Gasteiger partial charge in [0.2, 0.25) is 0 Å². The first-order valence-electron chi connectivity index (χ1n) is 6.44. The van der Waals surface area contributed by atoms with E-state index < -0.39 is 0 Å². The molecule has 2 heterocycles. The Bertz CT molecular complexity index is 564. The molecule has 1 aliphatic rings. The van der Waals surface area contributed by atoms with Crippen LogP contribution in [0.5, 0.6) is 0 Å². The molecule has 19 heavy (non-hydrogen) atoms. The molecule has 2 aromatic heterocycles.